The second kappa shape index (κ2) is 11.2. The maximum absolute atomic E-state index is 15.2. The van der Waals surface area contributed by atoms with E-state index in [1.807, 2.05) is 72.8 Å². The summed E-state index contributed by atoms with van der Waals surface area (Å²) in [7, 11) is 0. The van der Waals surface area contributed by atoms with Gasteiger partial charge in [-0.3, -0.25) is 9.59 Å². The van der Waals surface area contributed by atoms with Crippen LogP contribution in [-0.2, 0) is 28.0 Å². The lowest BCUT2D eigenvalue weighted by atomic mass is 9.47. The first-order chi connectivity index (χ1) is 24.4. The van der Waals surface area contributed by atoms with Gasteiger partial charge in [-0.15, -0.1) is 0 Å². The zero-order chi connectivity index (χ0) is 34.1. The number of hydrogen-bond donors (Lipinski definition) is 1. The number of aromatic nitrogens is 3. The molecule has 0 amide bonds. The summed E-state index contributed by atoms with van der Waals surface area (Å²) in [5.41, 5.74) is 1.97. The fourth-order valence-corrected chi connectivity index (χ4v) is 8.75. The van der Waals surface area contributed by atoms with Crippen LogP contribution in [0.3, 0.4) is 0 Å². The Hall–Kier alpha value is -6.22. The van der Waals surface area contributed by atoms with Crippen molar-refractivity contribution in [1.82, 2.24) is 13.9 Å². The van der Waals surface area contributed by atoms with E-state index < -0.39 is 34.7 Å². The molecular weight excluding hydrogens is 630 g/mol. The highest BCUT2D eigenvalue weighted by molar-refractivity contribution is 6.31. The molecule has 0 unspecified atom stereocenters. The maximum atomic E-state index is 15.2. The Morgan fingerprint density at radius 2 is 1.50 bits per heavy atom. The lowest BCUT2D eigenvalue weighted by molar-refractivity contribution is -0.134. The zero-order valence-electron chi connectivity index (χ0n) is 26.8. The molecule has 3 heterocycles. The number of fused-ring (bicyclic) bond motifs is 5. The normalized spacial score (nSPS) is 23.7. The van der Waals surface area contributed by atoms with Crippen LogP contribution < -0.4 is 16.1 Å². The fraction of sp³-hybridized carbons (Fsp3) is 0.171. The predicted molar refractivity (Wildman–Crippen MR) is 186 cm³/mol. The van der Waals surface area contributed by atoms with Crippen LogP contribution >= 0.6 is 0 Å². The topological polar surface area (TPSA) is 113 Å². The highest BCUT2D eigenvalue weighted by atomic mass is 16.5. The summed E-state index contributed by atoms with van der Waals surface area (Å²) >= 11 is 0. The number of rotatable bonds is 4. The summed E-state index contributed by atoms with van der Waals surface area (Å²) in [6, 6.07) is 31.6. The van der Waals surface area contributed by atoms with Gasteiger partial charge in [0, 0.05) is 29.4 Å². The van der Waals surface area contributed by atoms with Crippen molar-refractivity contribution in [1.29, 1.82) is 0 Å². The van der Waals surface area contributed by atoms with Gasteiger partial charge in [0.1, 0.15) is 11.5 Å². The Morgan fingerprint density at radius 3 is 2.24 bits per heavy atom. The first-order valence-electron chi connectivity index (χ1n) is 16.7. The Bertz CT molecular complexity index is 2430. The molecule has 9 rings (SSSR count). The van der Waals surface area contributed by atoms with Crippen molar-refractivity contribution in [2.75, 3.05) is 0 Å². The molecule has 4 atom stereocenters. The van der Waals surface area contributed by atoms with Crippen LogP contribution in [0.1, 0.15) is 29.2 Å². The standard InChI is InChI=1S/C41H31N3O6/c45-30-16-17-35-26(21-30)20-27(24-50-35)37-31-18-19-42-39(48)43(29-14-8-3-9-15-29)40(49)44(42)34(31)23-33-38(47)32(25-10-4-1-5-11-25)22-36(46)41(33,37)28-12-6-2-7-13-28/h1-18,21-22,24,33-34,37,45H,19-20,23H2/t33-,34+,37-,41-/m0/s1. The Morgan fingerprint density at radius 1 is 0.800 bits per heavy atom. The molecule has 0 saturated heterocycles. The minimum atomic E-state index is -1.38. The van der Waals surface area contributed by atoms with Gasteiger partial charge in [0.2, 0.25) is 0 Å². The van der Waals surface area contributed by atoms with E-state index in [1.165, 1.54) is 15.4 Å². The molecule has 9 heteroatoms. The molecule has 2 aliphatic heterocycles. The molecule has 5 aromatic rings. The Kier molecular flexibility index (Phi) is 6.67. The Balaban J connectivity index is 1.31. The number of benzene rings is 4. The van der Waals surface area contributed by atoms with Gasteiger partial charge in [-0.1, -0.05) is 84.9 Å². The van der Waals surface area contributed by atoms with Gasteiger partial charge in [-0.2, -0.15) is 0 Å². The average Bonchev–Trinajstić information content (AvgIpc) is 3.41. The number of hydrogen-bond acceptors (Lipinski definition) is 6. The van der Waals surface area contributed by atoms with E-state index in [0.29, 0.717) is 34.6 Å². The molecule has 1 saturated carbocycles. The third-order valence-electron chi connectivity index (χ3n) is 10.8. The third kappa shape index (κ3) is 4.19. The predicted octanol–water partition coefficient (Wildman–Crippen LogP) is 5.32. The molecule has 4 aliphatic rings. The molecule has 0 spiro atoms. The van der Waals surface area contributed by atoms with Gasteiger partial charge in [0.25, 0.3) is 0 Å². The fourth-order valence-electron chi connectivity index (χ4n) is 8.75. The molecule has 4 aromatic carbocycles. The molecular formula is C41H31N3O6. The van der Waals surface area contributed by atoms with Crippen LogP contribution in [0.5, 0.6) is 11.5 Å². The van der Waals surface area contributed by atoms with Crippen LogP contribution in [0.15, 0.2) is 148 Å². The minimum Gasteiger partial charge on any atom is -0.508 e. The monoisotopic (exact) mass is 661 g/mol. The summed E-state index contributed by atoms with van der Waals surface area (Å²) in [6.45, 7) is 0.102. The van der Waals surface area contributed by atoms with E-state index >= 15 is 9.59 Å². The largest absolute Gasteiger partial charge is 0.508 e. The average molecular weight is 662 g/mol. The van der Waals surface area contributed by atoms with E-state index in [4.69, 9.17) is 4.74 Å². The van der Waals surface area contributed by atoms with Gasteiger partial charge < -0.3 is 9.84 Å². The second-order valence-corrected chi connectivity index (χ2v) is 13.3. The smallest absolute Gasteiger partial charge is 0.352 e. The summed E-state index contributed by atoms with van der Waals surface area (Å²) < 4.78 is 10.2. The second-order valence-electron chi connectivity index (χ2n) is 13.3. The first-order valence-corrected chi connectivity index (χ1v) is 16.7. The van der Waals surface area contributed by atoms with Crippen molar-refractivity contribution in [3.8, 4) is 17.2 Å². The van der Waals surface area contributed by atoms with Crippen molar-refractivity contribution in [2.45, 2.75) is 30.8 Å². The molecule has 1 N–H and O–H groups in total. The van der Waals surface area contributed by atoms with Crippen LogP contribution in [0, 0.1) is 11.8 Å². The Labute approximate surface area is 286 Å². The van der Waals surface area contributed by atoms with Crippen LogP contribution in [-0.4, -0.2) is 30.6 Å². The number of aromatic hydroxyl groups is 1. The van der Waals surface area contributed by atoms with Crippen molar-refractivity contribution in [3.05, 3.63) is 176 Å². The van der Waals surface area contributed by atoms with Crippen molar-refractivity contribution >= 4 is 17.1 Å². The van der Waals surface area contributed by atoms with Gasteiger partial charge in [-0.05, 0) is 65.1 Å². The summed E-state index contributed by atoms with van der Waals surface area (Å²) in [5.74, 6) is -1.36. The molecule has 0 radical (unpaired) electrons. The summed E-state index contributed by atoms with van der Waals surface area (Å²) in [5, 5.41) is 10.4. The maximum Gasteiger partial charge on any atom is 0.352 e. The van der Waals surface area contributed by atoms with Gasteiger partial charge >= 0.3 is 11.4 Å². The molecule has 246 valence electrons. The van der Waals surface area contributed by atoms with E-state index in [-0.39, 0.29) is 30.3 Å². The highest BCUT2D eigenvalue weighted by Gasteiger charge is 2.63. The van der Waals surface area contributed by atoms with E-state index in [1.54, 1.807) is 48.7 Å². The van der Waals surface area contributed by atoms with Gasteiger partial charge in [0.05, 0.1) is 30.0 Å². The number of nitrogens with zero attached hydrogens (tertiary/aromatic N) is 3. The highest BCUT2D eigenvalue weighted by Crippen LogP contribution is 2.60. The number of phenols is 1. The zero-order valence-corrected chi connectivity index (χ0v) is 26.8. The van der Waals surface area contributed by atoms with Gasteiger partial charge in [-0.25, -0.2) is 23.5 Å². The molecule has 1 fully saturated rings. The summed E-state index contributed by atoms with van der Waals surface area (Å²) in [6.07, 6.45) is 5.55. The lowest BCUT2D eigenvalue weighted by Gasteiger charge is -2.54. The molecule has 0 bridgehead atoms. The number of allylic oxidation sites excluding steroid dienone is 5. The van der Waals surface area contributed by atoms with E-state index in [9.17, 15) is 14.7 Å². The molecule has 50 heavy (non-hydrogen) atoms. The van der Waals surface area contributed by atoms with E-state index in [2.05, 4.69) is 0 Å². The molecule has 2 aliphatic carbocycles. The van der Waals surface area contributed by atoms with E-state index in [0.717, 1.165) is 21.3 Å². The van der Waals surface area contributed by atoms with Crippen molar-refractivity contribution in [3.63, 3.8) is 0 Å². The minimum absolute atomic E-state index is 0.0832. The summed E-state index contributed by atoms with van der Waals surface area (Å²) in [4.78, 5) is 58.4. The SMILES string of the molecule is O=C1C(c2ccccc2)=CC(=O)[C@@]2(c3ccccc3)[C@@H](C3=COc4ccc(O)cc4C3)C3=CCn4c(=O)n(-c5ccccc5)c(=O)n4[C@@H]3C[C@@H]12. The quantitative estimate of drug-likeness (QED) is 0.261. The van der Waals surface area contributed by atoms with Crippen molar-refractivity contribution in [2.24, 2.45) is 11.8 Å². The van der Waals surface area contributed by atoms with Gasteiger partial charge in [0.15, 0.2) is 11.6 Å². The van der Waals surface area contributed by atoms with Crippen LogP contribution in [0.2, 0.25) is 0 Å². The number of ketones is 2. The molecule has 9 nitrogen and oxygen atoms in total. The molecule has 1 aromatic heterocycles. The number of ether oxygens (including phenoxy) is 1. The number of phenolic OH excluding ortho intramolecular Hbond substituents is 1. The number of carbonyl (C=O) groups excluding carboxylic acids is 2. The van der Waals surface area contributed by atoms with Crippen molar-refractivity contribution < 1.29 is 19.4 Å². The lowest BCUT2D eigenvalue weighted by Crippen LogP contribution is -2.60. The van der Waals surface area contributed by atoms with Crippen LogP contribution in [0.25, 0.3) is 11.3 Å². The number of carbonyl (C=O) groups is 2. The number of para-hydroxylation sites is 1. The van der Waals surface area contributed by atoms with Crippen LogP contribution in [0.4, 0.5) is 0 Å². The number of Topliss-reactive ketones (excluding diaryl/α,β-unsaturated/α-hetero) is 1. The first kappa shape index (κ1) is 29.9. The third-order valence-corrected chi connectivity index (χ3v) is 10.8.